The van der Waals surface area contributed by atoms with E-state index in [4.69, 9.17) is 11.5 Å². The number of hydrogen-bond acceptors (Lipinski definition) is 8. The molecule has 5 N–H and O–H groups in total. The monoisotopic (exact) mass is 442 g/mol. The number of benzene rings is 1. The lowest BCUT2D eigenvalue weighted by molar-refractivity contribution is -0.582. The molecule has 0 aliphatic rings. The molecule has 0 atom stereocenters. The van der Waals surface area contributed by atoms with Crippen LogP contribution in [0.2, 0.25) is 0 Å². The van der Waals surface area contributed by atoms with Crippen LogP contribution in [-0.4, -0.2) is 33.0 Å². The third-order valence-corrected chi connectivity index (χ3v) is 4.56. The zero-order chi connectivity index (χ0) is 23.0. The molecule has 4 rings (SSSR count). The summed E-state index contributed by atoms with van der Waals surface area (Å²) in [6.07, 6.45) is -0.118. The lowest BCUT2D eigenvalue weighted by Gasteiger charge is -2.09. The molecule has 4 aromatic rings. The van der Waals surface area contributed by atoms with Crippen molar-refractivity contribution in [3.05, 3.63) is 58.9 Å². The number of nitrogens with one attached hydrogen (secondary N) is 1. The maximum Gasteiger partial charge on any atom is 0.411 e. The van der Waals surface area contributed by atoms with E-state index >= 15 is 0 Å². The molecule has 0 saturated carbocycles. The number of amides is 1. The highest BCUT2D eigenvalue weighted by Gasteiger charge is 2.26. The fourth-order valence-electron chi connectivity index (χ4n) is 3.13. The molecule has 3 heterocycles. The van der Waals surface area contributed by atoms with Gasteiger partial charge in [-0.25, -0.2) is 28.3 Å². The summed E-state index contributed by atoms with van der Waals surface area (Å²) < 4.78 is 34.2. The zero-order valence-electron chi connectivity index (χ0n) is 16.5. The van der Waals surface area contributed by atoms with Crippen LogP contribution in [-0.2, 0) is 11.3 Å². The number of nitrogens with zero attached hydrogens (tertiary/aromatic N) is 5. The highest BCUT2D eigenvalue weighted by molar-refractivity contribution is 5.94. The first-order valence-electron chi connectivity index (χ1n) is 9.09. The number of nitrogens with two attached hydrogens (primary N) is 2. The Bertz CT molecular complexity index is 1340. The molecule has 0 fully saturated rings. The number of aromatic nitrogens is 5. The number of rotatable bonds is 4. The molecule has 0 radical (unpaired) electrons. The molecule has 32 heavy (non-hydrogen) atoms. The first kappa shape index (κ1) is 20.7. The van der Waals surface area contributed by atoms with E-state index in [-0.39, 0.29) is 56.7 Å². The summed E-state index contributed by atoms with van der Waals surface area (Å²) in [6.45, 7) is -0.121. The SMILES string of the molecule is COC(=O)Nc1c(N)nc(-c2nn(Cc3ccccc3F)c3c2cc(F)c[n+]3[O-])nc1N. The van der Waals surface area contributed by atoms with E-state index in [2.05, 4.69) is 25.1 Å². The molecule has 0 aliphatic carbocycles. The Morgan fingerprint density at radius 1 is 1.25 bits per heavy atom. The number of halogens is 2. The number of ether oxygens (including phenoxy) is 1. The van der Waals surface area contributed by atoms with Crippen LogP contribution in [0, 0.1) is 16.8 Å². The van der Waals surface area contributed by atoms with Crippen LogP contribution in [0.15, 0.2) is 36.5 Å². The number of anilines is 3. The summed E-state index contributed by atoms with van der Waals surface area (Å²) in [5.74, 6) is -1.87. The van der Waals surface area contributed by atoms with Crippen molar-refractivity contribution in [2.45, 2.75) is 6.54 Å². The first-order chi connectivity index (χ1) is 15.3. The van der Waals surface area contributed by atoms with Gasteiger partial charge in [0.1, 0.15) is 29.6 Å². The second-order valence-corrected chi connectivity index (χ2v) is 6.63. The van der Waals surface area contributed by atoms with Crippen molar-refractivity contribution >= 4 is 34.4 Å². The maximum absolute atomic E-state index is 14.2. The summed E-state index contributed by atoms with van der Waals surface area (Å²) >= 11 is 0. The average molecular weight is 442 g/mol. The second-order valence-electron chi connectivity index (χ2n) is 6.63. The van der Waals surface area contributed by atoms with Crippen LogP contribution >= 0.6 is 0 Å². The lowest BCUT2D eigenvalue weighted by Crippen LogP contribution is -2.30. The third kappa shape index (κ3) is 3.66. The van der Waals surface area contributed by atoms with Gasteiger partial charge in [0.2, 0.25) is 0 Å². The summed E-state index contributed by atoms with van der Waals surface area (Å²) in [6, 6.07) is 7.02. The maximum atomic E-state index is 14.2. The molecular formula is C19H16F2N8O3. The minimum absolute atomic E-state index is 0.0107. The Morgan fingerprint density at radius 2 is 1.94 bits per heavy atom. The Labute approximate surface area is 178 Å². The van der Waals surface area contributed by atoms with Crippen LogP contribution < -0.4 is 21.5 Å². The smallest absolute Gasteiger partial charge is 0.411 e. The third-order valence-electron chi connectivity index (χ3n) is 4.56. The van der Waals surface area contributed by atoms with Crippen molar-refractivity contribution in [1.82, 2.24) is 19.7 Å². The summed E-state index contributed by atoms with van der Waals surface area (Å²) in [5, 5.41) is 19.1. The number of pyridine rings is 1. The van der Waals surface area contributed by atoms with Crippen molar-refractivity contribution in [3.8, 4) is 11.5 Å². The predicted molar refractivity (Wildman–Crippen MR) is 110 cm³/mol. The van der Waals surface area contributed by atoms with Gasteiger partial charge in [0.15, 0.2) is 29.0 Å². The lowest BCUT2D eigenvalue weighted by atomic mass is 10.2. The van der Waals surface area contributed by atoms with Gasteiger partial charge in [-0.2, -0.15) is 0 Å². The number of carbonyl (C=O) groups is 1. The number of nitrogen functional groups attached to an aromatic ring is 2. The van der Waals surface area contributed by atoms with Crippen molar-refractivity contribution < 1.29 is 23.0 Å². The minimum atomic E-state index is -0.839. The van der Waals surface area contributed by atoms with Crippen molar-refractivity contribution in [1.29, 1.82) is 0 Å². The Hall–Kier alpha value is -4.55. The van der Waals surface area contributed by atoms with Gasteiger partial charge in [-0.05, 0) is 12.1 Å². The van der Waals surface area contributed by atoms with E-state index in [1.165, 1.54) is 22.9 Å². The first-order valence-corrected chi connectivity index (χ1v) is 9.09. The Balaban J connectivity index is 1.88. The van der Waals surface area contributed by atoms with E-state index in [1.54, 1.807) is 6.07 Å². The standard InChI is InChI=1S/C19H16F2N8O3/c1-32-19(30)24-14-15(22)25-17(26-16(14)23)13-11-6-10(20)8-29(31)18(11)28(27-13)7-9-4-2-3-5-12(9)21/h2-6,8H,7H2,1H3,(H,24,30)(H4,22,23,25,26). The topological polar surface area (TPSA) is 161 Å². The van der Waals surface area contributed by atoms with Crippen LogP contribution in [0.5, 0.6) is 0 Å². The molecule has 1 aromatic carbocycles. The summed E-state index contributed by atoms with van der Waals surface area (Å²) in [4.78, 5) is 19.6. The number of carbonyl (C=O) groups excluding carboxylic acids is 1. The zero-order valence-corrected chi connectivity index (χ0v) is 16.5. The summed E-state index contributed by atoms with van der Waals surface area (Å²) in [7, 11) is 1.15. The molecule has 3 aromatic heterocycles. The quantitative estimate of drug-likeness (QED) is 0.318. The highest BCUT2D eigenvalue weighted by Crippen LogP contribution is 2.30. The van der Waals surface area contributed by atoms with E-state index in [9.17, 15) is 18.8 Å². The van der Waals surface area contributed by atoms with Gasteiger partial charge < -0.3 is 21.4 Å². The van der Waals surface area contributed by atoms with Crippen LogP contribution in [0.4, 0.5) is 30.9 Å². The number of hydrogen-bond donors (Lipinski definition) is 3. The molecule has 0 aliphatic heterocycles. The Kier molecular flexibility index (Phi) is 5.14. The largest absolute Gasteiger partial charge is 0.710 e. The molecular weight excluding hydrogens is 426 g/mol. The van der Waals surface area contributed by atoms with Crippen molar-refractivity contribution in [3.63, 3.8) is 0 Å². The van der Waals surface area contributed by atoms with Crippen LogP contribution in [0.25, 0.3) is 22.6 Å². The van der Waals surface area contributed by atoms with Gasteiger partial charge in [-0.15, -0.1) is 4.68 Å². The molecule has 0 unspecified atom stereocenters. The molecule has 164 valence electrons. The molecule has 0 bridgehead atoms. The fraction of sp³-hybridized carbons (Fsp3) is 0.105. The van der Waals surface area contributed by atoms with Gasteiger partial charge in [0.05, 0.1) is 7.11 Å². The van der Waals surface area contributed by atoms with E-state index in [1.807, 2.05) is 0 Å². The van der Waals surface area contributed by atoms with Gasteiger partial charge in [0.25, 0.3) is 0 Å². The predicted octanol–water partition coefficient (Wildman–Crippen LogP) is 1.80. The van der Waals surface area contributed by atoms with Crippen molar-refractivity contribution in [2.75, 3.05) is 23.9 Å². The number of fused-ring (bicyclic) bond motifs is 1. The molecule has 1 amide bonds. The molecule has 0 spiro atoms. The minimum Gasteiger partial charge on any atom is -0.710 e. The summed E-state index contributed by atoms with van der Waals surface area (Å²) in [5.41, 5.74) is 11.9. The number of methoxy groups -OCH3 is 1. The van der Waals surface area contributed by atoms with E-state index < -0.39 is 17.7 Å². The van der Waals surface area contributed by atoms with Gasteiger partial charge in [-0.1, -0.05) is 23.3 Å². The molecule has 13 heteroatoms. The van der Waals surface area contributed by atoms with Crippen molar-refractivity contribution in [2.24, 2.45) is 0 Å². The van der Waals surface area contributed by atoms with E-state index in [0.717, 1.165) is 19.4 Å². The van der Waals surface area contributed by atoms with E-state index in [0.29, 0.717) is 0 Å². The van der Waals surface area contributed by atoms with Crippen LogP contribution in [0.3, 0.4) is 0 Å². The highest BCUT2D eigenvalue weighted by atomic mass is 19.1. The normalized spacial score (nSPS) is 11.0. The fourth-order valence-corrected chi connectivity index (χ4v) is 3.13. The second kappa shape index (κ2) is 7.94. The van der Waals surface area contributed by atoms with Gasteiger partial charge in [0, 0.05) is 5.56 Å². The van der Waals surface area contributed by atoms with Gasteiger partial charge >= 0.3 is 11.7 Å². The average Bonchev–Trinajstić information content (AvgIpc) is 3.10. The van der Waals surface area contributed by atoms with Crippen LogP contribution in [0.1, 0.15) is 5.56 Å². The molecule has 11 nitrogen and oxygen atoms in total. The molecule has 0 saturated heterocycles. The Morgan fingerprint density at radius 3 is 2.59 bits per heavy atom. The van der Waals surface area contributed by atoms with Gasteiger partial charge in [-0.3, -0.25) is 5.32 Å².